The molecule has 0 saturated carbocycles. The van der Waals surface area contributed by atoms with E-state index in [-0.39, 0.29) is 12.1 Å². The number of aryl methyl sites for hydroxylation is 1. The topological polar surface area (TPSA) is 98.6 Å². The van der Waals surface area contributed by atoms with E-state index < -0.39 is 11.5 Å². The summed E-state index contributed by atoms with van der Waals surface area (Å²) in [5, 5.41) is 13.7. The van der Waals surface area contributed by atoms with Crippen LogP contribution in [0.1, 0.15) is 30.8 Å². The van der Waals surface area contributed by atoms with Crippen LogP contribution in [0.2, 0.25) is 0 Å². The van der Waals surface area contributed by atoms with E-state index in [4.69, 9.17) is 14.2 Å². The van der Waals surface area contributed by atoms with Gasteiger partial charge in [-0.05, 0) is 38.5 Å². The molecule has 2 aromatic heterocycles. The number of fused-ring (bicyclic) bond motifs is 1. The smallest absolute Gasteiger partial charge is 0.302 e. The summed E-state index contributed by atoms with van der Waals surface area (Å²) in [6, 6.07) is 4.84. The van der Waals surface area contributed by atoms with Gasteiger partial charge in [0.1, 0.15) is 23.9 Å². The summed E-state index contributed by atoms with van der Waals surface area (Å²) in [6.45, 7) is 4.81. The lowest BCUT2D eigenvalue weighted by atomic mass is 9.94. The largest absolute Gasteiger partial charge is 0.493 e. The van der Waals surface area contributed by atoms with Gasteiger partial charge in [-0.3, -0.25) is 4.98 Å². The molecule has 0 spiro atoms. The molecule has 0 fully saturated rings. The van der Waals surface area contributed by atoms with Crippen molar-refractivity contribution in [2.75, 3.05) is 32.8 Å². The zero-order chi connectivity index (χ0) is 24.2. The molecule has 0 aliphatic heterocycles. The van der Waals surface area contributed by atoms with Gasteiger partial charge in [0.05, 0.1) is 19.2 Å². The number of halogens is 2. The predicted octanol–water partition coefficient (Wildman–Crippen LogP) is 3.84. The van der Waals surface area contributed by atoms with Gasteiger partial charge >= 0.3 is 5.92 Å². The Labute approximate surface area is 190 Å². The van der Waals surface area contributed by atoms with Gasteiger partial charge in [-0.2, -0.15) is 8.78 Å². The molecule has 0 amide bonds. The van der Waals surface area contributed by atoms with Crippen molar-refractivity contribution in [2.45, 2.75) is 38.8 Å². The third-order valence-electron chi connectivity index (χ3n) is 5.02. The summed E-state index contributed by atoms with van der Waals surface area (Å²) < 4.78 is 45.3. The van der Waals surface area contributed by atoms with E-state index in [1.54, 1.807) is 33.3 Å². The molecule has 178 valence electrons. The van der Waals surface area contributed by atoms with Crippen LogP contribution in [0, 0.1) is 6.92 Å². The Morgan fingerprint density at radius 1 is 1.03 bits per heavy atom. The second-order valence-corrected chi connectivity index (χ2v) is 8.05. The molecule has 2 heterocycles. The summed E-state index contributed by atoms with van der Waals surface area (Å²) in [4.78, 5) is 12.9. The molecule has 0 aliphatic rings. The minimum Gasteiger partial charge on any atom is -0.493 e. The number of methoxy groups -OCH3 is 2. The Morgan fingerprint density at radius 2 is 1.79 bits per heavy atom. The molecular weight excluding hydrogens is 434 g/mol. The van der Waals surface area contributed by atoms with Crippen LogP contribution in [0.15, 0.2) is 30.6 Å². The van der Waals surface area contributed by atoms with Gasteiger partial charge in [-0.15, -0.1) is 0 Å². The van der Waals surface area contributed by atoms with E-state index in [1.807, 2.05) is 0 Å². The third kappa shape index (κ3) is 5.45. The maximum Gasteiger partial charge on any atom is 0.302 e. The predicted molar refractivity (Wildman–Crippen MR) is 120 cm³/mol. The minimum atomic E-state index is -3.46. The number of ether oxygens (including phenoxy) is 3. The Morgan fingerprint density at radius 3 is 2.45 bits per heavy atom. The third-order valence-corrected chi connectivity index (χ3v) is 5.02. The summed E-state index contributed by atoms with van der Waals surface area (Å²) in [6.07, 6.45) is 2.54. The van der Waals surface area contributed by atoms with E-state index in [0.29, 0.717) is 52.8 Å². The van der Waals surface area contributed by atoms with Gasteiger partial charge in [-0.1, -0.05) is 0 Å². The molecule has 0 saturated heterocycles. The van der Waals surface area contributed by atoms with Gasteiger partial charge in [0.25, 0.3) is 0 Å². The minimum absolute atomic E-state index is 0.181. The fourth-order valence-electron chi connectivity index (χ4n) is 3.19. The zero-order valence-electron chi connectivity index (χ0n) is 19.3. The number of nitrogens with zero attached hydrogens (tertiary/aromatic N) is 3. The highest BCUT2D eigenvalue weighted by Crippen LogP contribution is 2.38. The van der Waals surface area contributed by atoms with Crippen LogP contribution in [-0.4, -0.2) is 53.1 Å². The van der Waals surface area contributed by atoms with Crippen LogP contribution in [-0.2, 0) is 17.2 Å². The average molecular weight is 462 g/mol. The number of hydrogen-bond acceptors (Lipinski definition) is 8. The molecule has 10 heteroatoms. The molecule has 3 aromatic rings. The number of aromatic nitrogens is 3. The first-order valence-corrected chi connectivity index (χ1v) is 10.3. The van der Waals surface area contributed by atoms with E-state index in [9.17, 15) is 13.9 Å². The highest BCUT2D eigenvalue weighted by molar-refractivity contribution is 5.91. The van der Waals surface area contributed by atoms with Crippen molar-refractivity contribution < 1.29 is 28.1 Å². The molecule has 0 aliphatic carbocycles. The number of hydrogen-bond donors (Lipinski definition) is 2. The van der Waals surface area contributed by atoms with E-state index in [1.165, 1.54) is 12.3 Å². The number of anilines is 1. The van der Waals surface area contributed by atoms with Crippen LogP contribution in [0.25, 0.3) is 10.9 Å². The van der Waals surface area contributed by atoms with Crippen LogP contribution in [0.5, 0.6) is 11.5 Å². The second-order valence-electron chi connectivity index (χ2n) is 8.05. The number of pyridine rings is 1. The van der Waals surface area contributed by atoms with Gasteiger partial charge < -0.3 is 24.6 Å². The van der Waals surface area contributed by atoms with E-state index >= 15 is 0 Å². The first-order chi connectivity index (χ1) is 15.6. The number of alkyl halides is 2. The van der Waals surface area contributed by atoms with E-state index in [0.717, 1.165) is 20.0 Å². The van der Waals surface area contributed by atoms with Crippen LogP contribution in [0.3, 0.4) is 0 Å². The molecule has 33 heavy (non-hydrogen) atoms. The normalized spacial score (nSPS) is 12.1. The highest BCUT2D eigenvalue weighted by Gasteiger charge is 2.47. The first kappa shape index (κ1) is 24.5. The molecule has 0 bridgehead atoms. The molecule has 1 aromatic carbocycles. The standard InChI is InChI=1S/C23H28F2N4O4/c1-14-28-18-10-19(32-5)20(33-7-6-31-4)9-17(18)21(29-14)27-12-15-8-16(13-26-11-15)23(24,25)22(2,3)30/h8-11,13,30H,6-7,12H2,1-5H3,(H,27,28,29). The average Bonchev–Trinajstić information content (AvgIpc) is 2.76. The molecular formula is C23H28F2N4O4. The number of aliphatic hydroxyl groups is 1. The first-order valence-electron chi connectivity index (χ1n) is 10.3. The van der Waals surface area contributed by atoms with Crippen molar-refractivity contribution in [3.05, 3.63) is 47.5 Å². The summed E-state index contributed by atoms with van der Waals surface area (Å²) >= 11 is 0. The molecule has 0 radical (unpaired) electrons. The van der Waals surface area contributed by atoms with Crippen LogP contribution < -0.4 is 14.8 Å². The lowest BCUT2D eigenvalue weighted by molar-refractivity contribution is -0.168. The molecule has 0 unspecified atom stereocenters. The van der Waals surface area contributed by atoms with Crippen molar-refractivity contribution in [1.29, 1.82) is 0 Å². The quantitative estimate of drug-likeness (QED) is 0.439. The Balaban J connectivity index is 1.91. The number of benzene rings is 1. The number of nitrogens with one attached hydrogen (secondary N) is 1. The van der Waals surface area contributed by atoms with E-state index in [2.05, 4.69) is 20.3 Å². The van der Waals surface area contributed by atoms with Gasteiger partial charge in [-0.25, -0.2) is 9.97 Å². The van der Waals surface area contributed by atoms with Gasteiger partial charge in [0.15, 0.2) is 11.5 Å². The van der Waals surface area contributed by atoms with Crippen molar-refractivity contribution in [2.24, 2.45) is 0 Å². The fraction of sp³-hybridized carbons (Fsp3) is 0.435. The maximum absolute atomic E-state index is 14.5. The monoisotopic (exact) mass is 462 g/mol. The Kier molecular flexibility index (Phi) is 7.28. The second kappa shape index (κ2) is 9.80. The van der Waals surface area contributed by atoms with Crippen LogP contribution >= 0.6 is 0 Å². The lowest BCUT2D eigenvalue weighted by Gasteiger charge is -2.29. The van der Waals surface area contributed by atoms with Crippen molar-refractivity contribution in [1.82, 2.24) is 15.0 Å². The molecule has 3 rings (SSSR count). The SMILES string of the molecule is COCCOc1cc2c(NCc3cncc(C(F)(F)C(C)(C)O)c3)nc(C)nc2cc1OC. The maximum atomic E-state index is 14.5. The molecule has 2 N–H and O–H groups in total. The zero-order valence-corrected chi connectivity index (χ0v) is 19.3. The van der Waals surface area contributed by atoms with Crippen LogP contribution in [0.4, 0.5) is 14.6 Å². The number of rotatable bonds is 10. The highest BCUT2D eigenvalue weighted by atomic mass is 19.3. The van der Waals surface area contributed by atoms with Crippen molar-refractivity contribution in [3.8, 4) is 11.5 Å². The summed E-state index contributed by atoms with van der Waals surface area (Å²) in [7, 11) is 3.13. The lowest BCUT2D eigenvalue weighted by Crippen LogP contribution is -2.40. The molecule has 8 nitrogen and oxygen atoms in total. The fourth-order valence-corrected chi connectivity index (χ4v) is 3.19. The van der Waals surface area contributed by atoms with Gasteiger partial charge in [0, 0.05) is 43.1 Å². The Bertz CT molecular complexity index is 1120. The molecule has 0 atom stereocenters. The Hall–Kier alpha value is -3.11. The van der Waals surface area contributed by atoms with Gasteiger partial charge in [0.2, 0.25) is 0 Å². The summed E-state index contributed by atoms with van der Waals surface area (Å²) in [5.74, 6) is -1.39. The summed E-state index contributed by atoms with van der Waals surface area (Å²) in [5.41, 5.74) is -1.44. The van der Waals surface area contributed by atoms with Crippen molar-refractivity contribution in [3.63, 3.8) is 0 Å². The van der Waals surface area contributed by atoms with Crippen molar-refractivity contribution >= 4 is 16.7 Å².